The quantitative estimate of drug-likeness (QED) is 0.584. The predicted octanol–water partition coefficient (Wildman–Crippen LogP) is -0.199. The summed E-state index contributed by atoms with van der Waals surface area (Å²) >= 11 is 0. The lowest BCUT2D eigenvalue weighted by Crippen LogP contribution is -3.16. The van der Waals surface area contributed by atoms with E-state index in [2.05, 4.69) is 10.2 Å². The molecular formula is C19H30N3O4+. The maximum atomic E-state index is 12.3. The highest BCUT2D eigenvalue weighted by Gasteiger charge is 2.27. The van der Waals surface area contributed by atoms with E-state index >= 15 is 0 Å². The number of carbonyl (C=O) groups is 2. The van der Waals surface area contributed by atoms with Crippen LogP contribution in [0, 0.1) is 5.92 Å². The molecule has 1 amide bonds. The average Bonchev–Trinajstić information content (AvgIpc) is 2.61. The van der Waals surface area contributed by atoms with Gasteiger partial charge >= 0.3 is 5.97 Å². The zero-order valence-corrected chi connectivity index (χ0v) is 15.8. The lowest BCUT2D eigenvalue weighted by Gasteiger charge is -2.33. The van der Waals surface area contributed by atoms with Gasteiger partial charge in [0.1, 0.15) is 11.8 Å². The lowest BCUT2D eigenvalue weighted by atomic mass is 10.0. The van der Waals surface area contributed by atoms with Crippen molar-refractivity contribution in [3.8, 4) is 5.75 Å². The molecule has 0 spiro atoms. The third kappa shape index (κ3) is 5.62. The molecule has 2 rings (SSSR count). The Morgan fingerprint density at radius 2 is 1.92 bits per heavy atom. The summed E-state index contributed by atoms with van der Waals surface area (Å²) in [4.78, 5) is 27.5. The Balaban J connectivity index is 1.83. The molecule has 7 heteroatoms. The van der Waals surface area contributed by atoms with E-state index in [1.54, 1.807) is 12.1 Å². The van der Waals surface area contributed by atoms with E-state index in [0.29, 0.717) is 13.0 Å². The second-order valence-electron chi connectivity index (χ2n) is 7.18. The first-order valence-corrected chi connectivity index (χ1v) is 9.14. The molecule has 1 heterocycles. The number of nitrogens with zero attached hydrogens (tertiary/aromatic N) is 1. The van der Waals surface area contributed by atoms with Gasteiger partial charge in [-0.2, -0.15) is 0 Å². The van der Waals surface area contributed by atoms with E-state index in [9.17, 15) is 14.7 Å². The number of phenols is 1. The summed E-state index contributed by atoms with van der Waals surface area (Å²) in [5, 5.41) is 12.8. The van der Waals surface area contributed by atoms with Crippen LogP contribution in [0.2, 0.25) is 0 Å². The number of quaternary nitrogens is 1. The van der Waals surface area contributed by atoms with Crippen molar-refractivity contribution in [1.82, 2.24) is 5.32 Å². The molecule has 144 valence electrons. The van der Waals surface area contributed by atoms with Crippen molar-refractivity contribution in [3.05, 3.63) is 24.3 Å². The van der Waals surface area contributed by atoms with E-state index < -0.39 is 12.0 Å². The number of hydrogen-bond acceptors (Lipinski definition) is 5. The minimum atomic E-state index is -0.588. The largest absolute Gasteiger partial charge is 0.506 e. The number of hydrogen-bond donors (Lipinski definition) is 3. The fourth-order valence-electron chi connectivity index (χ4n) is 3.27. The predicted molar refractivity (Wildman–Crippen MR) is 99.3 cm³/mol. The van der Waals surface area contributed by atoms with Crippen molar-refractivity contribution in [2.45, 2.75) is 26.3 Å². The van der Waals surface area contributed by atoms with Crippen molar-refractivity contribution >= 4 is 17.6 Å². The number of piperazine rings is 1. The van der Waals surface area contributed by atoms with Crippen LogP contribution in [0.4, 0.5) is 5.69 Å². The highest BCUT2D eigenvalue weighted by atomic mass is 16.5. The fraction of sp³-hybridized carbons (Fsp3) is 0.579. The number of methoxy groups -OCH3 is 1. The third-order valence-corrected chi connectivity index (χ3v) is 4.63. The van der Waals surface area contributed by atoms with Crippen molar-refractivity contribution < 1.29 is 24.3 Å². The number of carbonyl (C=O) groups excluding carboxylic acids is 2. The van der Waals surface area contributed by atoms with Gasteiger partial charge in [0.05, 0.1) is 39.0 Å². The molecule has 0 aliphatic carbocycles. The van der Waals surface area contributed by atoms with Gasteiger partial charge in [-0.25, -0.2) is 4.79 Å². The summed E-state index contributed by atoms with van der Waals surface area (Å²) in [5.74, 6) is 0.0376. The van der Waals surface area contributed by atoms with Crippen LogP contribution in [-0.2, 0) is 14.3 Å². The molecule has 1 aromatic rings. The van der Waals surface area contributed by atoms with Crippen LogP contribution < -0.4 is 15.1 Å². The smallest absolute Gasteiger partial charge is 0.328 e. The third-order valence-electron chi connectivity index (χ3n) is 4.63. The van der Waals surface area contributed by atoms with E-state index in [-0.39, 0.29) is 17.6 Å². The van der Waals surface area contributed by atoms with Crippen LogP contribution in [-0.4, -0.2) is 62.9 Å². The molecule has 7 nitrogen and oxygen atoms in total. The van der Waals surface area contributed by atoms with Gasteiger partial charge in [0.15, 0.2) is 6.54 Å². The van der Waals surface area contributed by atoms with Crippen LogP contribution in [0.25, 0.3) is 0 Å². The van der Waals surface area contributed by atoms with E-state index in [1.165, 1.54) is 12.0 Å². The number of ether oxygens (including phenoxy) is 1. The number of esters is 1. The van der Waals surface area contributed by atoms with Gasteiger partial charge in [0.25, 0.3) is 5.91 Å². The van der Waals surface area contributed by atoms with Crippen LogP contribution in [0.3, 0.4) is 0 Å². The maximum Gasteiger partial charge on any atom is 0.328 e. The minimum absolute atomic E-state index is 0.132. The number of rotatable bonds is 7. The highest BCUT2D eigenvalue weighted by molar-refractivity contribution is 5.84. The van der Waals surface area contributed by atoms with E-state index in [0.717, 1.165) is 31.9 Å². The summed E-state index contributed by atoms with van der Waals surface area (Å²) in [6.45, 7) is 7.49. The Morgan fingerprint density at radius 1 is 1.27 bits per heavy atom. The Bertz CT molecular complexity index is 613. The molecule has 1 atom stereocenters. The molecule has 0 aromatic heterocycles. The molecule has 1 saturated heterocycles. The van der Waals surface area contributed by atoms with Gasteiger partial charge in [0.2, 0.25) is 0 Å². The lowest BCUT2D eigenvalue weighted by molar-refractivity contribution is -0.892. The fourth-order valence-corrected chi connectivity index (χ4v) is 3.27. The Hall–Kier alpha value is -2.28. The molecule has 1 aliphatic rings. The van der Waals surface area contributed by atoms with Crippen molar-refractivity contribution in [2.24, 2.45) is 5.92 Å². The van der Waals surface area contributed by atoms with Crippen LogP contribution >= 0.6 is 0 Å². The summed E-state index contributed by atoms with van der Waals surface area (Å²) in [6, 6.07) is 6.71. The summed E-state index contributed by atoms with van der Waals surface area (Å²) in [5.41, 5.74) is 0.832. The summed E-state index contributed by atoms with van der Waals surface area (Å²) in [7, 11) is 1.34. The van der Waals surface area contributed by atoms with Crippen LogP contribution in [0.5, 0.6) is 5.75 Å². The molecule has 0 saturated carbocycles. The van der Waals surface area contributed by atoms with Crippen molar-refractivity contribution in [1.29, 1.82) is 0 Å². The van der Waals surface area contributed by atoms with E-state index in [4.69, 9.17) is 4.74 Å². The van der Waals surface area contributed by atoms with Gasteiger partial charge in [0, 0.05) is 0 Å². The number of para-hydroxylation sites is 2. The van der Waals surface area contributed by atoms with Crippen LogP contribution in [0.1, 0.15) is 20.3 Å². The van der Waals surface area contributed by atoms with Crippen LogP contribution in [0.15, 0.2) is 24.3 Å². The number of benzene rings is 1. The van der Waals surface area contributed by atoms with Gasteiger partial charge in [-0.3, -0.25) is 4.79 Å². The number of nitrogens with one attached hydrogen (secondary N) is 2. The summed E-state index contributed by atoms with van der Waals surface area (Å²) < 4.78 is 4.79. The molecule has 1 aromatic carbocycles. The monoisotopic (exact) mass is 364 g/mol. The second-order valence-corrected chi connectivity index (χ2v) is 7.18. The first-order valence-electron chi connectivity index (χ1n) is 9.14. The van der Waals surface area contributed by atoms with E-state index in [1.807, 2.05) is 26.0 Å². The minimum Gasteiger partial charge on any atom is -0.506 e. The Labute approximate surface area is 154 Å². The SMILES string of the molecule is COC(=O)[C@H](CC(C)C)NC(=O)C[NH+]1CCN(c2ccccc2O)CC1. The molecule has 0 unspecified atom stereocenters. The molecular weight excluding hydrogens is 334 g/mol. The Morgan fingerprint density at radius 3 is 2.50 bits per heavy atom. The normalized spacial score (nSPS) is 16.4. The topological polar surface area (TPSA) is 83.3 Å². The zero-order chi connectivity index (χ0) is 19.1. The molecule has 1 aliphatic heterocycles. The van der Waals surface area contributed by atoms with Crippen molar-refractivity contribution in [3.63, 3.8) is 0 Å². The zero-order valence-electron chi connectivity index (χ0n) is 15.8. The van der Waals surface area contributed by atoms with Gasteiger partial charge in [-0.15, -0.1) is 0 Å². The number of anilines is 1. The first kappa shape index (κ1) is 20.0. The molecule has 3 N–H and O–H groups in total. The van der Waals surface area contributed by atoms with Crippen molar-refractivity contribution in [2.75, 3.05) is 44.7 Å². The molecule has 0 bridgehead atoms. The maximum absolute atomic E-state index is 12.3. The van der Waals surface area contributed by atoms with Gasteiger partial charge in [-0.05, 0) is 24.5 Å². The average molecular weight is 364 g/mol. The Kier molecular flexibility index (Phi) is 7.26. The number of aromatic hydroxyl groups is 1. The van der Waals surface area contributed by atoms with Gasteiger partial charge < -0.3 is 25.0 Å². The molecule has 1 fully saturated rings. The number of amides is 1. The van der Waals surface area contributed by atoms with Gasteiger partial charge in [-0.1, -0.05) is 26.0 Å². The molecule has 0 radical (unpaired) electrons. The highest BCUT2D eigenvalue weighted by Crippen LogP contribution is 2.25. The number of phenolic OH excluding ortho intramolecular Hbond substituents is 1. The first-order chi connectivity index (χ1) is 12.4. The standard InChI is InChI=1S/C19H29N3O4/c1-14(2)12-15(19(25)26-3)20-18(24)13-21-8-10-22(11-9-21)16-6-4-5-7-17(16)23/h4-7,14-15,23H,8-13H2,1-3H3,(H,20,24)/p+1/t15-/m0/s1. The second kappa shape index (κ2) is 9.43. The summed E-state index contributed by atoms with van der Waals surface area (Å²) in [6.07, 6.45) is 0.564. The molecule has 26 heavy (non-hydrogen) atoms.